The molecule has 4 atom stereocenters. The lowest BCUT2D eigenvalue weighted by atomic mass is 9.89. The molecule has 0 aromatic rings. The second-order valence-electron chi connectivity index (χ2n) is 6.75. The molecular formula is C16H30N2O4S2. The fraction of sp³-hybridized carbons (Fsp3) is 0.750. The number of primary sulfonamides is 2. The highest BCUT2D eigenvalue weighted by Crippen LogP contribution is 2.28. The van der Waals surface area contributed by atoms with Crippen LogP contribution in [0.1, 0.15) is 51.4 Å². The first-order valence-corrected chi connectivity index (χ1v) is 11.6. The summed E-state index contributed by atoms with van der Waals surface area (Å²) in [6.07, 6.45) is 10.4. The minimum absolute atomic E-state index is 0.335. The third-order valence-corrected chi connectivity index (χ3v) is 7.64. The van der Waals surface area contributed by atoms with Gasteiger partial charge >= 0.3 is 0 Å². The smallest absolute Gasteiger partial charge is 0.211 e. The molecule has 2 rings (SSSR count). The fourth-order valence-corrected chi connectivity index (χ4v) is 5.41. The number of sulfonamides is 2. The Bertz CT molecular complexity index is 572. The van der Waals surface area contributed by atoms with Crippen LogP contribution in [0.4, 0.5) is 0 Å². The van der Waals surface area contributed by atoms with Crippen LogP contribution in [0.2, 0.25) is 0 Å². The molecule has 0 heterocycles. The van der Waals surface area contributed by atoms with Gasteiger partial charge in [0.1, 0.15) is 0 Å². The molecule has 140 valence electrons. The minimum atomic E-state index is -3.32. The summed E-state index contributed by atoms with van der Waals surface area (Å²) >= 11 is 0. The summed E-state index contributed by atoms with van der Waals surface area (Å²) in [5.74, 6) is 0.671. The lowest BCUT2D eigenvalue weighted by Crippen LogP contribution is -2.32. The maximum atomic E-state index is 11.0. The van der Waals surface area contributed by atoms with Gasteiger partial charge in [-0.25, -0.2) is 27.1 Å². The maximum Gasteiger partial charge on any atom is 0.211 e. The van der Waals surface area contributed by atoms with Crippen LogP contribution in [0.3, 0.4) is 0 Å². The van der Waals surface area contributed by atoms with E-state index in [0.717, 1.165) is 25.7 Å². The predicted molar refractivity (Wildman–Crippen MR) is 98.1 cm³/mol. The Labute approximate surface area is 146 Å². The molecule has 0 unspecified atom stereocenters. The van der Waals surface area contributed by atoms with Crippen LogP contribution in [0.15, 0.2) is 25.3 Å². The summed E-state index contributed by atoms with van der Waals surface area (Å²) in [7, 11) is -6.63. The largest absolute Gasteiger partial charge is 0.228 e. The van der Waals surface area contributed by atoms with Gasteiger partial charge in [-0.2, -0.15) is 0 Å². The molecule has 0 bridgehead atoms. The Morgan fingerprint density at radius 2 is 1.04 bits per heavy atom. The first-order valence-electron chi connectivity index (χ1n) is 8.36. The van der Waals surface area contributed by atoms with Gasteiger partial charge in [-0.15, -0.1) is 13.2 Å². The molecule has 2 aliphatic rings. The molecule has 0 aliphatic heterocycles. The molecule has 6 nitrogen and oxygen atoms in total. The van der Waals surface area contributed by atoms with Crippen molar-refractivity contribution in [3.05, 3.63) is 25.3 Å². The zero-order chi connectivity index (χ0) is 18.4. The summed E-state index contributed by atoms with van der Waals surface area (Å²) in [5.41, 5.74) is 0. The van der Waals surface area contributed by atoms with Crippen molar-refractivity contribution < 1.29 is 16.8 Å². The lowest BCUT2D eigenvalue weighted by Gasteiger charge is -2.25. The van der Waals surface area contributed by atoms with Gasteiger partial charge in [0.05, 0.1) is 10.5 Å². The number of hydrogen-bond acceptors (Lipinski definition) is 4. The van der Waals surface area contributed by atoms with Crippen molar-refractivity contribution in [2.45, 2.75) is 61.9 Å². The lowest BCUT2D eigenvalue weighted by molar-refractivity contribution is 0.414. The monoisotopic (exact) mass is 378 g/mol. The number of nitrogens with two attached hydrogens (primary N) is 2. The molecule has 0 radical (unpaired) electrons. The van der Waals surface area contributed by atoms with E-state index < -0.39 is 20.0 Å². The van der Waals surface area contributed by atoms with Crippen molar-refractivity contribution in [2.75, 3.05) is 0 Å². The summed E-state index contributed by atoms with van der Waals surface area (Å²) in [6.45, 7) is 7.33. The van der Waals surface area contributed by atoms with Crippen LogP contribution >= 0.6 is 0 Å². The highest BCUT2D eigenvalue weighted by Gasteiger charge is 2.28. The van der Waals surface area contributed by atoms with Gasteiger partial charge < -0.3 is 0 Å². The molecule has 4 N–H and O–H groups in total. The van der Waals surface area contributed by atoms with Crippen LogP contribution in [0, 0.1) is 11.8 Å². The zero-order valence-electron chi connectivity index (χ0n) is 14.1. The number of allylic oxidation sites excluding steroid dienone is 2. The van der Waals surface area contributed by atoms with Crippen LogP contribution in [0.5, 0.6) is 0 Å². The zero-order valence-corrected chi connectivity index (χ0v) is 15.8. The topological polar surface area (TPSA) is 120 Å². The van der Waals surface area contributed by atoms with Gasteiger partial charge in [0.2, 0.25) is 20.0 Å². The van der Waals surface area contributed by atoms with E-state index in [1.54, 1.807) is 0 Å². The summed E-state index contributed by atoms with van der Waals surface area (Å²) < 4.78 is 44.0. The molecule has 2 fully saturated rings. The standard InChI is InChI=1S/2C8H15NO2S/c2*1-2-7-4-3-5-8(6-7)12(9,10)11/h2*2,7-8H,1,3-6H2,(H2,9,10,11)/t2*7-,8-/m10/s1. The Balaban J connectivity index is 0.000000240. The Kier molecular flexibility index (Phi) is 8.11. The van der Waals surface area contributed by atoms with E-state index in [4.69, 9.17) is 10.3 Å². The fourth-order valence-electron chi connectivity index (χ4n) is 3.39. The van der Waals surface area contributed by atoms with E-state index in [2.05, 4.69) is 13.2 Å². The molecule has 0 amide bonds. The molecule has 0 aromatic heterocycles. The molecule has 0 aromatic carbocycles. The number of hydrogen-bond donors (Lipinski definition) is 2. The molecular weight excluding hydrogens is 348 g/mol. The van der Waals surface area contributed by atoms with Gasteiger partial charge in [-0.3, -0.25) is 0 Å². The van der Waals surface area contributed by atoms with Gasteiger partial charge in [-0.05, 0) is 50.4 Å². The molecule has 2 aliphatic carbocycles. The third kappa shape index (κ3) is 7.04. The van der Waals surface area contributed by atoms with Crippen molar-refractivity contribution in [1.29, 1.82) is 0 Å². The van der Waals surface area contributed by atoms with Crippen molar-refractivity contribution >= 4 is 20.0 Å². The summed E-state index contributed by atoms with van der Waals surface area (Å²) in [5, 5.41) is 9.45. The molecule has 8 heteroatoms. The highest BCUT2D eigenvalue weighted by atomic mass is 32.2. The normalized spacial score (nSPS) is 31.4. The maximum absolute atomic E-state index is 11.0. The van der Waals surface area contributed by atoms with Gasteiger partial charge in [0.15, 0.2) is 0 Å². The summed E-state index contributed by atoms with van der Waals surface area (Å²) in [4.78, 5) is 0. The predicted octanol–water partition coefficient (Wildman–Crippen LogP) is 2.04. The molecule has 2 saturated carbocycles. The van der Waals surface area contributed by atoms with E-state index in [1.165, 1.54) is 0 Å². The van der Waals surface area contributed by atoms with Crippen molar-refractivity contribution in [1.82, 2.24) is 0 Å². The van der Waals surface area contributed by atoms with Crippen molar-refractivity contribution in [3.63, 3.8) is 0 Å². The molecule has 24 heavy (non-hydrogen) atoms. The second kappa shape index (κ2) is 9.12. The molecule has 0 saturated heterocycles. The van der Waals surface area contributed by atoms with Crippen molar-refractivity contribution in [3.8, 4) is 0 Å². The van der Waals surface area contributed by atoms with E-state index in [9.17, 15) is 16.8 Å². The molecule has 0 spiro atoms. The Hall–Kier alpha value is -0.700. The average Bonchev–Trinajstić information content (AvgIpc) is 2.54. The van der Waals surface area contributed by atoms with E-state index in [0.29, 0.717) is 37.5 Å². The van der Waals surface area contributed by atoms with Crippen LogP contribution in [-0.2, 0) is 20.0 Å². The van der Waals surface area contributed by atoms with Crippen LogP contribution in [-0.4, -0.2) is 27.3 Å². The highest BCUT2D eigenvalue weighted by molar-refractivity contribution is 7.90. The first-order chi connectivity index (χ1) is 11.1. The Morgan fingerprint density at radius 3 is 1.29 bits per heavy atom. The van der Waals surface area contributed by atoms with Gasteiger partial charge in [-0.1, -0.05) is 25.0 Å². The summed E-state index contributed by atoms with van der Waals surface area (Å²) in [6, 6.07) is 0. The third-order valence-electron chi connectivity index (χ3n) is 4.93. The quantitative estimate of drug-likeness (QED) is 0.727. The Morgan fingerprint density at radius 1 is 0.708 bits per heavy atom. The minimum Gasteiger partial charge on any atom is -0.228 e. The number of rotatable bonds is 4. The van der Waals surface area contributed by atoms with Crippen LogP contribution < -0.4 is 10.3 Å². The van der Waals surface area contributed by atoms with Gasteiger partial charge in [0.25, 0.3) is 0 Å². The average molecular weight is 379 g/mol. The van der Waals surface area contributed by atoms with E-state index >= 15 is 0 Å². The second-order valence-corrected chi connectivity index (χ2v) is 10.4. The van der Waals surface area contributed by atoms with E-state index in [1.807, 2.05) is 12.2 Å². The van der Waals surface area contributed by atoms with Crippen molar-refractivity contribution in [2.24, 2.45) is 22.1 Å². The first kappa shape index (κ1) is 21.3. The van der Waals surface area contributed by atoms with E-state index in [-0.39, 0.29) is 10.5 Å². The van der Waals surface area contributed by atoms with Gasteiger partial charge in [0, 0.05) is 0 Å². The SMILES string of the molecule is C=C[C@@H]1CCC[C@@H](S(N)(=O)=O)C1.C=C[C@H]1CCC[C@H](S(N)(=O)=O)C1. The van der Waals surface area contributed by atoms with Crippen LogP contribution in [0.25, 0.3) is 0 Å².